The summed E-state index contributed by atoms with van der Waals surface area (Å²) < 4.78 is 27.4. The number of rotatable bonds is 11. The van der Waals surface area contributed by atoms with E-state index in [4.69, 9.17) is 28.8 Å². The third-order valence-electron chi connectivity index (χ3n) is 4.72. The van der Waals surface area contributed by atoms with E-state index >= 15 is 0 Å². The lowest BCUT2D eigenvalue weighted by molar-refractivity contribution is -0.231. The SMILES string of the molecule is CCOC(OC)Oc1c(C/C=C(\C)CCC(=O)O)c(OC)c(C)c2c1C(=O)OC2. The Balaban J connectivity index is 2.52. The molecule has 8 nitrogen and oxygen atoms in total. The second kappa shape index (κ2) is 10.3. The van der Waals surface area contributed by atoms with Crippen molar-refractivity contribution in [2.45, 2.75) is 53.1 Å². The average molecular weight is 408 g/mol. The summed E-state index contributed by atoms with van der Waals surface area (Å²) in [5.41, 5.74) is 3.42. The number of cyclic esters (lactones) is 1. The van der Waals surface area contributed by atoms with E-state index in [1.54, 1.807) is 14.0 Å². The molecule has 0 fully saturated rings. The molecule has 0 radical (unpaired) electrons. The Morgan fingerprint density at radius 2 is 2.00 bits per heavy atom. The minimum absolute atomic E-state index is 0.0501. The van der Waals surface area contributed by atoms with Gasteiger partial charge in [0.05, 0.1) is 13.7 Å². The second-order valence-electron chi connectivity index (χ2n) is 6.64. The fourth-order valence-electron chi connectivity index (χ4n) is 3.20. The highest BCUT2D eigenvalue weighted by Gasteiger charge is 2.34. The lowest BCUT2D eigenvalue weighted by Crippen LogP contribution is -2.24. The number of carboxylic acids is 1. The molecule has 8 heteroatoms. The molecule has 0 aromatic heterocycles. The molecule has 1 aliphatic rings. The summed E-state index contributed by atoms with van der Waals surface area (Å²) in [6, 6.07) is 0. The van der Waals surface area contributed by atoms with Crippen LogP contribution in [0.2, 0.25) is 0 Å². The Morgan fingerprint density at radius 3 is 2.59 bits per heavy atom. The van der Waals surface area contributed by atoms with Crippen molar-refractivity contribution in [3.63, 3.8) is 0 Å². The second-order valence-corrected chi connectivity index (χ2v) is 6.64. The van der Waals surface area contributed by atoms with E-state index in [0.29, 0.717) is 47.6 Å². The normalized spacial score (nSPS) is 14.4. The van der Waals surface area contributed by atoms with Crippen LogP contribution in [-0.2, 0) is 32.0 Å². The fraction of sp³-hybridized carbons (Fsp3) is 0.524. The van der Waals surface area contributed by atoms with Gasteiger partial charge in [0, 0.05) is 24.7 Å². The van der Waals surface area contributed by atoms with Crippen LogP contribution in [0.4, 0.5) is 0 Å². The van der Waals surface area contributed by atoms with Gasteiger partial charge in [0.25, 0.3) is 0 Å². The third kappa shape index (κ3) is 5.27. The smallest absolute Gasteiger partial charge is 0.342 e. The van der Waals surface area contributed by atoms with Gasteiger partial charge in [-0.1, -0.05) is 11.6 Å². The maximum absolute atomic E-state index is 12.4. The Morgan fingerprint density at radius 1 is 1.28 bits per heavy atom. The number of carbonyl (C=O) groups excluding carboxylic acids is 1. The molecule has 0 saturated carbocycles. The number of ether oxygens (including phenoxy) is 5. The molecule has 0 bridgehead atoms. The number of aliphatic carboxylic acids is 1. The van der Waals surface area contributed by atoms with Crippen molar-refractivity contribution in [2.24, 2.45) is 0 Å². The molecular formula is C21H28O8. The Bertz CT molecular complexity index is 797. The first-order valence-electron chi connectivity index (χ1n) is 9.41. The quantitative estimate of drug-likeness (QED) is 0.338. The Hall–Kier alpha value is -2.58. The first-order valence-corrected chi connectivity index (χ1v) is 9.41. The molecule has 1 aliphatic heterocycles. The number of benzene rings is 1. The van der Waals surface area contributed by atoms with E-state index in [2.05, 4.69) is 0 Å². The first-order chi connectivity index (χ1) is 13.8. The summed E-state index contributed by atoms with van der Waals surface area (Å²) in [7, 11) is 3.00. The number of hydrogen-bond donors (Lipinski definition) is 1. The van der Waals surface area contributed by atoms with E-state index in [9.17, 15) is 9.59 Å². The van der Waals surface area contributed by atoms with Crippen LogP contribution in [0.5, 0.6) is 11.5 Å². The zero-order valence-electron chi connectivity index (χ0n) is 17.5. The fourth-order valence-corrected chi connectivity index (χ4v) is 3.20. The van der Waals surface area contributed by atoms with Gasteiger partial charge in [-0.25, -0.2) is 4.79 Å². The van der Waals surface area contributed by atoms with Gasteiger partial charge < -0.3 is 28.8 Å². The summed E-state index contributed by atoms with van der Waals surface area (Å²) in [5, 5.41) is 8.88. The third-order valence-corrected chi connectivity index (χ3v) is 4.72. The van der Waals surface area contributed by atoms with Crippen LogP contribution in [0.25, 0.3) is 0 Å². The van der Waals surface area contributed by atoms with Crippen LogP contribution in [0.3, 0.4) is 0 Å². The van der Waals surface area contributed by atoms with Crippen molar-refractivity contribution in [3.8, 4) is 11.5 Å². The van der Waals surface area contributed by atoms with Crippen LogP contribution in [0.1, 0.15) is 53.7 Å². The predicted molar refractivity (Wildman–Crippen MR) is 104 cm³/mol. The molecule has 1 N–H and O–H groups in total. The predicted octanol–water partition coefficient (Wildman–Crippen LogP) is 3.37. The topological polar surface area (TPSA) is 101 Å². The Kier molecular flexibility index (Phi) is 8.04. The van der Waals surface area contributed by atoms with E-state index in [1.165, 1.54) is 7.11 Å². The molecule has 1 atom stereocenters. The number of hydrogen-bond acceptors (Lipinski definition) is 7. The number of methoxy groups -OCH3 is 2. The maximum atomic E-state index is 12.4. The van der Waals surface area contributed by atoms with Crippen molar-refractivity contribution in [1.29, 1.82) is 0 Å². The van der Waals surface area contributed by atoms with Crippen LogP contribution < -0.4 is 9.47 Å². The summed E-state index contributed by atoms with van der Waals surface area (Å²) >= 11 is 0. The van der Waals surface area contributed by atoms with Crippen LogP contribution in [0.15, 0.2) is 11.6 Å². The number of fused-ring (bicyclic) bond motifs is 1. The highest BCUT2D eigenvalue weighted by Crippen LogP contribution is 2.43. The molecule has 29 heavy (non-hydrogen) atoms. The number of carbonyl (C=O) groups is 2. The van der Waals surface area contributed by atoms with Gasteiger partial charge in [0.1, 0.15) is 23.7 Å². The Labute approximate surface area is 170 Å². The average Bonchev–Trinajstić information content (AvgIpc) is 3.08. The summed E-state index contributed by atoms with van der Waals surface area (Å²) in [6.45, 7) is 5.04. The summed E-state index contributed by atoms with van der Waals surface area (Å²) in [4.78, 5) is 23.2. The monoisotopic (exact) mass is 408 g/mol. The van der Waals surface area contributed by atoms with Crippen LogP contribution in [-0.4, -0.2) is 44.3 Å². The lowest BCUT2D eigenvalue weighted by atomic mass is 9.94. The number of allylic oxidation sites excluding steroid dienone is 2. The molecule has 0 spiro atoms. The molecule has 1 aromatic carbocycles. The van der Waals surface area contributed by atoms with Crippen LogP contribution >= 0.6 is 0 Å². The molecule has 1 aromatic rings. The van der Waals surface area contributed by atoms with Gasteiger partial charge in [0.2, 0.25) is 0 Å². The van der Waals surface area contributed by atoms with Gasteiger partial charge in [-0.3, -0.25) is 4.79 Å². The first kappa shape index (κ1) is 22.7. The largest absolute Gasteiger partial charge is 0.496 e. The van der Waals surface area contributed by atoms with Crippen molar-refractivity contribution in [2.75, 3.05) is 20.8 Å². The molecule has 0 saturated heterocycles. The highest BCUT2D eigenvalue weighted by molar-refractivity contribution is 5.98. The van der Waals surface area contributed by atoms with Gasteiger partial charge in [-0.15, -0.1) is 0 Å². The van der Waals surface area contributed by atoms with Gasteiger partial charge in [-0.2, -0.15) is 0 Å². The molecule has 0 amide bonds. The zero-order valence-corrected chi connectivity index (χ0v) is 17.5. The maximum Gasteiger partial charge on any atom is 0.342 e. The van der Waals surface area contributed by atoms with E-state index in [0.717, 1.165) is 11.1 Å². The molecule has 1 unspecified atom stereocenters. The summed E-state index contributed by atoms with van der Waals surface area (Å²) in [5.74, 6) is -0.437. The molecule has 2 rings (SSSR count). The van der Waals surface area contributed by atoms with Crippen molar-refractivity contribution < 1.29 is 38.4 Å². The van der Waals surface area contributed by atoms with E-state index in [-0.39, 0.29) is 13.0 Å². The van der Waals surface area contributed by atoms with E-state index in [1.807, 2.05) is 19.9 Å². The molecule has 160 valence electrons. The molecule has 0 aliphatic carbocycles. The van der Waals surface area contributed by atoms with E-state index < -0.39 is 18.4 Å². The summed E-state index contributed by atoms with van der Waals surface area (Å²) in [6.07, 6.45) is 2.77. The van der Waals surface area contributed by atoms with Crippen molar-refractivity contribution in [3.05, 3.63) is 33.9 Å². The lowest BCUT2D eigenvalue weighted by Gasteiger charge is -2.23. The standard InChI is InChI=1S/C21H28O8/c1-6-27-21(26-5)29-19-14(9-7-12(2)8-10-16(22)23)18(25-4)13(3)15-11-28-20(24)17(15)19/h7,21H,6,8-11H2,1-5H3,(H,22,23)/b12-7+. The van der Waals surface area contributed by atoms with Gasteiger partial charge in [0.15, 0.2) is 0 Å². The zero-order chi connectivity index (χ0) is 21.6. The highest BCUT2D eigenvalue weighted by atomic mass is 16.8. The van der Waals surface area contributed by atoms with Gasteiger partial charge in [-0.05, 0) is 39.2 Å². The molecular weight excluding hydrogens is 380 g/mol. The minimum Gasteiger partial charge on any atom is -0.496 e. The van der Waals surface area contributed by atoms with Gasteiger partial charge >= 0.3 is 18.4 Å². The van der Waals surface area contributed by atoms with Crippen LogP contribution in [0, 0.1) is 6.92 Å². The van der Waals surface area contributed by atoms with Crippen molar-refractivity contribution in [1.82, 2.24) is 0 Å². The number of carboxylic acid groups (broad SMARTS) is 1. The minimum atomic E-state index is -0.999. The van der Waals surface area contributed by atoms with Crippen molar-refractivity contribution >= 4 is 11.9 Å². The number of esters is 1. The molecule has 1 heterocycles.